The van der Waals surface area contributed by atoms with Crippen molar-refractivity contribution in [3.63, 3.8) is 0 Å². The van der Waals surface area contributed by atoms with Crippen LogP contribution in [0, 0.1) is 0 Å². The third-order valence-corrected chi connectivity index (χ3v) is 6.08. The Bertz CT molecular complexity index is 689. The minimum atomic E-state index is -3.13. The summed E-state index contributed by atoms with van der Waals surface area (Å²) in [5.41, 5.74) is 1.90. The van der Waals surface area contributed by atoms with Gasteiger partial charge in [0.1, 0.15) is 0 Å². The summed E-state index contributed by atoms with van der Waals surface area (Å²) in [7, 11) is -3.13. The molecule has 114 valence electrons. The molecule has 0 amide bonds. The number of rotatable bonds is 6. The van der Waals surface area contributed by atoms with Gasteiger partial charge in [-0.05, 0) is 24.3 Å². The first-order chi connectivity index (χ1) is 9.92. The molecular formula is C15H20N2O2S2. The molecule has 6 heteroatoms. The highest BCUT2D eigenvalue weighted by atomic mass is 32.2. The molecule has 0 radical (unpaired) electrons. The largest absolute Gasteiger partial charge is 0.379 e. The standard InChI is InChI=1S/C15H20N2O2S2/c1-4-21(18,19)14-7-5-12(6-8-14)16-9-13-10-20-15(17-13)11(2)3/h5-8,10-11,16H,4,9H2,1-3H3. The van der Waals surface area contributed by atoms with Crippen molar-refractivity contribution in [1.29, 1.82) is 0 Å². The second-order valence-corrected chi connectivity index (χ2v) is 8.28. The fourth-order valence-corrected chi connectivity index (χ4v) is 3.53. The summed E-state index contributed by atoms with van der Waals surface area (Å²) in [6, 6.07) is 6.86. The SMILES string of the molecule is CCS(=O)(=O)c1ccc(NCc2csc(C(C)C)n2)cc1. The second-order valence-electron chi connectivity index (χ2n) is 5.11. The average Bonchev–Trinajstić information content (AvgIpc) is 2.95. The molecule has 0 spiro atoms. The molecule has 0 saturated carbocycles. The molecule has 0 bridgehead atoms. The van der Waals surface area contributed by atoms with Gasteiger partial charge in [0.15, 0.2) is 9.84 Å². The van der Waals surface area contributed by atoms with Crippen LogP contribution in [-0.4, -0.2) is 19.2 Å². The normalized spacial score (nSPS) is 11.8. The van der Waals surface area contributed by atoms with Gasteiger partial charge in [-0.1, -0.05) is 20.8 Å². The number of nitrogens with zero attached hydrogens (tertiary/aromatic N) is 1. The van der Waals surface area contributed by atoms with Crippen LogP contribution in [0.15, 0.2) is 34.5 Å². The molecule has 1 N–H and O–H groups in total. The lowest BCUT2D eigenvalue weighted by Gasteiger charge is -2.06. The van der Waals surface area contributed by atoms with Crippen LogP contribution in [-0.2, 0) is 16.4 Å². The fourth-order valence-electron chi connectivity index (χ4n) is 1.81. The first-order valence-corrected chi connectivity index (χ1v) is 9.46. The lowest BCUT2D eigenvalue weighted by atomic mass is 10.2. The molecule has 2 rings (SSSR count). The van der Waals surface area contributed by atoms with Crippen molar-refractivity contribution in [2.75, 3.05) is 11.1 Å². The summed E-state index contributed by atoms with van der Waals surface area (Å²) in [4.78, 5) is 4.92. The van der Waals surface area contributed by atoms with Crippen LogP contribution in [0.4, 0.5) is 5.69 Å². The molecule has 4 nitrogen and oxygen atoms in total. The van der Waals surface area contributed by atoms with Crippen molar-refractivity contribution in [2.45, 2.75) is 38.1 Å². The van der Waals surface area contributed by atoms with E-state index in [9.17, 15) is 8.42 Å². The molecule has 0 fully saturated rings. The predicted octanol–water partition coefficient (Wildman–Crippen LogP) is 3.67. The third-order valence-electron chi connectivity index (χ3n) is 3.13. The number of sulfone groups is 1. The van der Waals surface area contributed by atoms with E-state index in [0.717, 1.165) is 16.4 Å². The van der Waals surface area contributed by atoms with Gasteiger partial charge >= 0.3 is 0 Å². The molecule has 0 aliphatic rings. The molecule has 0 saturated heterocycles. The minimum Gasteiger partial charge on any atom is -0.379 e. The fraction of sp³-hybridized carbons (Fsp3) is 0.400. The van der Waals surface area contributed by atoms with Gasteiger partial charge in [-0.15, -0.1) is 11.3 Å². The maximum atomic E-state index is 11.7. The minimum absolute atomic E-state index is 0.122. The van der Waals surface area contributed by atoms with E-state index in [2.05, 4.69) is 29.5 Å². The molecule has 1 aromatic heterocycles. The van der Waals surface area contributed by atoms with Gasteiger partial charge in [-0.25, -0.2) is 13.4 Å². The van der Waals surface area contributed by atoms with Gasteiger partial charge in [0.25, 0.3) is 0 Å². The van der Waals surface area contributed by atoms with Crippen molar-refractivity contribution >= 4 is 26.9 Å². The van der Waals surface area contributed by atoms with E-state index in [1.807, 2.05) is 0 Å². The summed E-state index contributed by atoms with van der Waals surface area (Å²) in [5.74, 6) is 0.568. The van der Waals surface area contributed by atoms with Gasteiger partial charge in [0, 0.05) is 17.0 Å². The number of aromatic nitrogens is 1. The quantitative estimate of drug-likeness (QED) is 0.880. The topological polar surface area (TPSA) is 59.1 Å². The predicted molar refractivity (Wildman–Crippen MR) is 87.7 cm³/mol. The number of hydrogen-bond acceptors (Lipinski definition) is 5. The zero-order valence-electron chi connectivity index (χ0n) is 12.5. The summed E-state index contributed by atoms with van der Waals surface area (Å²) >= 11 is 1.67. The summed E-state index contributed by atoms with van der Waals surface area (Å²) in [6.45, 7) is 6.55. The zero-order valence-corrected chi connectivity index (χ0v) is 14.1. The monoisotopic (exact) mass is 324 g/mol. The molecule has 21 heavy (non-hydrogen) atoms. The highest BCUT2D eigenvalue weighted by Crippen LogP contribution is 2.20. The molecule has 1 aromatic carbocycles. The molecule has 0 aliphatic heterocycles. The van der Waals surface area contributed by atoms with Crippen molar-refractivity contribution < 1.29 is 8.42 Å². The van der Waals surface area contributed by atoms with Crippen molar-refractivity contribution in [1.82, 2.24) is 4.98 Å². The number of nitrogens with one attached hydrogen (secondary N) is 1. The van der Waals surface area contributed by atoms with E-state index < -0.39 is 9.84 Å². The molecule has 2 aromatic rings. The molecule has 0 unspecified atom stereocenters. The van der Waals surface area contributed by atoms with Crippen molar-refractivity contribution in [2.24, 2.45) is 0 Å². The van der Waals surface area contributed by atoms with E-state index in [0.29, 0.717) is 17.4 Å². The zero-order chi connectivity index (χ0) is 15.5. The van der Waals surface area contributed by atoms with Crippen LogP contribution >= 0.6 is 11.3 Å². The van der Waals surface area contributed by atoms with Gasteiger partial charge in [0.05, 0.1) is 27.9 Å². The van der Waals surface area contributed by atoms with Crippen molar-refractivity contribution in [3.8, 4) is 0 Å². The Morgan fingerprint density at radius 2 is 1.90 bits per heavy atom. The van der Waals surface area contributed by atoms with Crippen molar-refractivity contribution in [3.05, 3.63) is 40.3 Å². The Kier molecular flexibility index (Phi) is 5.00. The van der Waals surface area contributed by atoms with Gasteiger partial charge < -0.3 is 5.32 Å². The smallest absolute Gasteiger partial charge is 0.178 e. The Balaban J connectivity index is 2.00. The van der Waals surface area contributed by atoms with Gasteiger partial charge in [-0.3, -0.25) is 0 Å². The average molecular weight is 324 g/mol. The van der Waals surface area contributed by atoms with Crippen LogP contribution in [0.5, 0.6) is 0 Å². The van der Waals surface area contributed by atoms with E-state index in [1.165, 1.54) is 0 Å². The number of benzene rings is 1. The van der Waals surface area contributed by atoms with Crippen LogP contribution in [0.25, 0.3) is 0 Å². The molecule has 0 atom stereocenters. The Morgan fingerprint density at radius 3 is 2.43 bits per heavy atom. The van der Waals surface area contributed by atoms with E-state index in [4.69, 9.17) is 0 Å². The lowest BCUT2D eigenvalue weighted by molar-refractivity contribution is 0.597. The van der Waals surface area contributed by atoms with Gasteiger partial charge in [-0.2, -0.15) is 0 Å². The Hall–Kier alpha value is -1.40. The number of anilines is 1. The first kappa shape index (κ1) is 16.0. The number of hydrogen-bond donors (Lipinski definition) is 1. The summed E-state index contributed by atoms with van der Waals surface area (Å²) in [5, 5.41) is 6.45. The van der Waals surface area contributed by atoms with Gasteiger partial charge in [0.2, 0.25) is 0 Å². The number of thiazole rings is 1. The maximum absolute atomic E-state index is 11.7. The molecule has 0 aliphatic carbocycles. The van der Waals surface area contributed by atoms with Crippen LogP contribution in [0.2, 0.25) is 0 Å². The van der Waals surface area contributed by atoms with Crippen LogP contribution in [0.1, 0.15) is 37.4 Å². The van der Waals surface area contributed by atoms with Crippen LogP contribution < -0.4 is 5.32 Å². The summed E-state index contributed by atoms with van der Waals surface area (Å²) in [6.07, 6.45) is 0. The van der Waals surface area contributed by atoms with Crippen LogP contribution in [0.3, 0.4) is 0 Å². The third kappa shape index (κ3) is 4.04. The Morgan fingerprint density at radius 1 is 1.24 bits per heavy atom. The molecule has 1 heterocycles. The maximum Gasteiger partial charge on any atom is 0.178 e. The highest BCUT2D eigenvalue weighted by Gasteiger charge is 2.11. The first-order valence-electron chi connectivity index (χ1n) is 6.93. The molecular weight excluding hydrogens is 304 g/mol. The lowest BCUT2D eigenvalue weighted by Crippen LogP contribution is -2.04. The Labute approximate surface area is 130 Å². The van der Waals surface area contributed by atoms with E-state index >= 15 is 0 Å². The highest BCUT2D eigenvalue weighted by molar-refractivity contribution is 7.91. The second kappa shape index (κ2) is 6.58. The van der Waals surface area contributed by atoms with E-state index in [1.54, 1.807) is 42.5 Å². The van der Waals surface area contributed by atoms with E-state index in [-0.39, 0.29) is 5.75 Å². The summed E-state index contributed by atoms with van der Waals surface area (Å²) < 4.78 is 23.5.